The van der Waals surface area contributed by atoms with Gasteiger partial charge in [0.2, 0.25) is 0 Å². The van der Waals surface area contributed by atoms with Crippen molar-refractivity contribution in [1.82, 2.24) is 4.57 Å². The molecular formula is C58H40N2. The van der Waals surface area contributed by atoms with E-state index in [2.05, 4.69) is 252 Å². The Morgan fingerprint density at radius 3 is 1.48 bits per heavy atom. The van der Waals surface area contributed by atoms with Gasteiger partial charge in [0.1, 0.15) is 0 Å². The maximum Gasteiger partial charge on any atom is 0.0561 e. The van der Waals surface area contributed by atoms with Crippen molar-refractivity contribution < 1.29 is 0 Å². The van der Waals surface area contributed by atoms with Crippen LogP contribution in [0.15, 0.2) is 243 Å². The van der Waals surface area contributed by atoms with Crippen LogP contribution in [0.2, 0.25) is 0 Å². The third kappa shape index (κ3) is 6.32. The molecule has 2 nitrogen and oxygen atoms in total. The number of anilines is 3. The number of nitrogens with zero attached hydrogens (tertiary/aromatic N) is 2. The monoisotopic (exact) mass is 764 g/mol. The summed E-state index contributed by atoms with van der Waals surface area (Å²) in [6.45, 7) is 0. The highest BCUT2D eigenvalue weighted by molar-refractivity contribution is 6.10. The molecule has 11 rings (SSSR count). The smallest absolute Gasteiger partial charge is 0.0561 e. The molecule has 0 fully saturated rings. The molecule has 10 aromatic carbocycles. The molecule has 0 amide bonds. The first-order chi connectivity index (χ1) is 29.8. The van der Waals surface area contributed by atoms with E-state index in [0.717, 1.165) is 39.4 Å². The van der Waals surface area contributed by atoms with Crippen molar-refractivity contribution >= 4 is 49.6 Å². The molecule has 1 heterocycles. The summed E-state index contributed by atoms with van der Waals surface area (Å²) in [6, 6.07) is 88.0. The normalized spacial score (nSPS) is 11.3. The molecular weight excluding hydrogens is 725 g/mol. The van der Waals surface area contributed by atoms with Gasteiger partial charge in [-0.3, -0.25) is 0 Å². The van der Waals surface area contributed by atoms with E-state index in [4.69, 9.17) is 0 Å². The van der Waals surface area contributed by atoms with Crippen LogP contribution < -0.4 is 4.90 Å². The predicted molar refractivity (Wildman–Crippen MR) is 255 cm³/mol. The fourth-order valence-electron chi connectivity index (χ4n) is 8.95. The molecule has 0 radical (unpaired) electrons. The maximum atomic E-state index is 2.42. The van der Waals surface area contributed by atoms with Gasteiger partial charge < -0.3 is 9.47 Å². The topological polar surface area (TPSA) is 8.17 Å². The summed E-state index contributed by atoms with van der Waals surface area (Å²) in [4.78, 5) is 2.42. The molecule has 0 atom stereocenters. The van der Waals surface area contributed by atoms with Crippen molar-refractivity contribution in [3.05, 3.63) is 243 Å². The van der Waals surface area contributed by atoms with E-state index < -0.39 is 0 Å². The molecule has 1 aromatic heterocycles. The first-order valence-corrected chi connectivity index (χ1v) is 20.6. The predicted octanol–water partition coefficient (Wildman–Crippen LogP) is 16.1. The Kier molecular flexibility index (Phi) is 8.87. The summed E-state index contributed by atoms with van der Waals surface area (Å²) in [7, 11) is 0. The Morgan fingerprint density at radius 2 is 0.817 bits per heavy atom. The van der Waals surface area contributed by atoms with E-state index in [9.17, 15) is 0 Å². The number of para-hydroxylation sites is 2. The summed E-state index contributed by atoms with van der Waals surface area (Å²) in [5, 5.41) is 4.95. The van der Waals surface area contributed by atoms with Gasteiger partial charge in [0.05, 0.1) is 11.0 Å². The highest BCUT2D eigenvalue weighted by Crippen LogP contribution is 2.44. The largest absolute Gasteiger partial charge is 0.310 e. The first kappa shape index (κ1) is 35.2. The molecule has 0 saturated heterocycles. The van der Waals surface area contributed by atoms with Crippen LogP contribution in [0.1, 0.15) is 0 Å². The molecule has 0 spiro atoms. The molecule has 0 aliphatic carbocycles. The fraction of sp³-hybridized carbons (Fsp3) is 0. The van der Waals surface area contributed by atoms with E-state index in [1.54, 1.807) is 0 Å². The van der Waals surface area contributed by atoms with Crippen molar-refractivity contribution in [2.24, 2.45) is 0 Å². The van der Waals surface area contributed by atoms with E-state index in [0.29, 0.717) is 0 Å². The van der Waals surface area contributed by atoms with Crippen LogP contribution in [0.3, 0.4) is 0 Å². The lowest BCUT2D eigenvalue weighted by Crippen LogP contribution is -2.10. The van der Waals surface area contributed by atoms with E-state index in [-0.39, 0.29) is 0 Å². The minimum Gasteiger partial charge on any atom is -0.310 e. The minimum absolute atomic E-state index is 1.08. The van der Waals surface area contributed by atoms with Crippen LogP contribution >= 0.6 is 0 Å². The van der Waals surface area contributed by atoms with Crippen LogP contribution in [0.25, 0.3) is 82.8 Å². The van der Waals surface area contributed by atoms with E-state index in [1.165, 1.54) is 60.4 Å². The van der Waals surface area contributed by atoms with Gasteiger partial charge >= 0.3 is 0 Å². The maximum absolute atomic E-state index is 2.42. The Hall–Kier alpha value is -7.94. The van der Waals surface area contributed by atoms with E-state index in [1.807, 2.05) is 0 Å². The van der Waals surface area contributed by atoms with Gasteiger partial charge in [-0.05, 0) is 116 Å². The van der Waals surface area contributed by atoms with Gasteiger partial charge in [0.25, 0.3) is 0 Å². The number of hydrogen-bond donors (Lipinski definition) is 0. The molecule has 0 aliphatic rings. The molecule has 0 bridgehead atoms. The van der Waals surface area contributed by atoms with Crippen LogP contribution in [-0.4, -0.2) is 4.57 Å². The molecule has 11 aromatic rings. The second kappa shape index (κ2) is 15.1. The molecule has 2 heteroatoms. The average molecular weight is 765 g/mol. The van der Waals surface area contributed by atoms with Crippen LogP contribution in [-0.2, 0) is 0 Å². The van der Waals surface area contributed by atoms with Gasteiger partial charge in [-0.15, -0.1) is 0 Å². The summed E-state index contributed by atoms with van der Waals surface area (Å²) in [5.41, 5.74) is 16.3. The zero-order chi connectivity index (χ0) is 39.8. The van der Waals surface area contributed by atoms with Gasteiger partial charge in [-0.2, -0.15) is 0 Å². The summed E-state index contributed by atoms with van der Waals surface area (Å²) in [5.74, 6) is 0. The fourth-order valence-corrected chi connectivity index (χ4v) is 8.95. The molecule has 60 heavy (non-hydrogen) atoms. The highest BCUT2D eigenvalue weighted by atomic mass is 15.1. The summed E-state index contributed by atoms with van der Waals surface area (Å²) < 4.78 is 2.40. The Balaban J connectivity index is 1.14. The Morgan fingerprint density at radius 1 is 0.283 bits per heavy atom. The standard InChI is InChI=1S/C58H40N2/c1-5-17-41(18-6-1)46-37-47(42-19-7-2-8-20-42)39-51(38-46)59(50-34-36-55-54-27-15-16-28-56(54)60(57(55)40-50)48-24-11-4-12-25-48)49-32-29-44(30-33-49)53-35-31-43-21-13-14-26-52(43)58(53)45-22-9-3-10-23-45/h1-40H. The van der Waals surface area contributed by atoms with Crippen molar-refractivity contribution in [2.45, 2.75) is 0 Å². The quantitative estimate of drug-likeness (QED) is 0.150. The van der Waals surface area contributed by atoms with Gasteiger partial charge in [0, 0.05) is 33.5 Å². The number of aromatic nitrogens is 1. The summed E-state index contributed by atoms with van der Waals surface area (Å²) in [6.07, 6.45) is 0. The Labute approximate surface area is 350 Å². The number of benzene rings is 10. The molecule has 0 saturated carbocycles. The van der Waals surface area contributed by atoms with Gasteiger partial charge in [0.15, 0.2) is 0 Å². The van der Waals surface area contributed by atoms with E-state index >= 15 is 0 Å². The van der Waals surface area contributed by atoms with Gasteiger partial charge in [-0.25, -0.2) is 0 Å². The van der Waals surface area contributed by atoms with Gasteiger partial charge in [-0.1, -0.05) is 182 Å². The van der Waals surface area contributed by atoms with Crippen LogP contribution in [0, 0.1) is 0 Å². The first-order valence-electron chi connectivity index (χ1n) is 20.6. The van der Waals surface area contributed by atoms with Crippen molar-refractivity contribution in [3.8, 4) is 50.2 Å². The van der Waals surface area contributed by atoms with Crippen LogP contribution in [0.4, 0.5) is 17.1 Å². The third-order valence-corrected chi connectivity index (χ3v) is 11.7. The SMILES string of the molecule is c1ccc(-c2cc(-c3ccccc3)cc(N(c3ccc(-c4ccc5ccccc5c4-c4ccccc4)cc3)c3ccc4c5ccccc5n(-c5ccccc5)c4c3)c2)cc1. The second-order valence-corrected chi connectivity index (χ2v) is 15.3. The number of rotatable bonds is 8. The minimum atomic E-state index is 1.08. The highest BCUT2D eigenvalue weighted by Gasteiger charge is 2.20. The van der Waals surface area contributed by atoms with Crippen molar-refractivity contribution in [2.75, 3.05) is 4.90 Å². The number of fused-ring (bicyclic) bond motifs is 4. The molecule has 0 unspecified atom stereocenters. The third-order valence-electron chi connectivity index (χ3n) is 11.7. The lowest BCUT2D eigenvalue weighted by atomic mass is 9.89. The lowest BCUT2D eigenvalue weighted by molar-refractivity contribution is 1.18. The average Bonchev–Trinajstić information content (AvgIpc) is 3.66. The lowest BCUT2D eigenvalue weighted by Gasteiger charge is -2.27. The molecule has 282 valence electrons. The Bertz CT molecular complexity index is 3220. The second-order valence-electron chi connectivity index (χ2n) is 15.3. The van der Waals surface area contributed by atoms with Crippen molar-refractivity contribution in [3.63, 3.8) is 0 Å². The van der Waals surface area contributed by atoms with Crippen molar-refractivity contribution in [1.29, 1.82) is 0 Å². The molecule has 0 aliphatic heterocycles. The zero-order valence-corrected chi connectivity index (χ0v) is 33.0. The number of hydrogen-bond acceptors (Lipinski definition) is 1. The summed E-state index contributed by atoms with van der Waals surface area (Å²) >= 11 is 0. The van der Waals surface area contributed by atoms with Crippen LogP contribution in [0.5, 0.6) is 0 Å². The zero-order valence-electron chi connectivity index (χ0n) is 33.0. The molecule has 0 N–H and O–H groups in total.